The summed E-state index contributed by atoms with van der Waals surface area (Å²) in [5.41, 5.74) is 8.03. The Kier molecular flexibility index (Phi) is 8.99. The third kappa shape index (κ3) is 7.08. The van der Waals surface area contributed by atoms with Crippen LogP contribution in [0.2, 0.25) is 5.02 Å². The number of aromatic nitrogens is 2. The molecule has 2 heterocycles. The van der Waals surface area contributed by atoms with Crippen molar-refractivity contribution in [2.24, 2.45) is 0 Å². The Hall–Kier alpha value is -3.04. The van der Waals surface area contributed by atoms with Gasteiger partial charge in [0.15, 0.2) is 5.82 Å². The number of hydrogen-bond donors (Lipinski definition) is 3. The Morgan fingerprint density at radius 2 is 1.82 bits per heavy atom. The number of rotatable bonds is 10. The van der Waals surface area contributed by atoms with Crippen LogP contribution in [0.3, 0.4) is 0 Å². The molecule has 38 heavy (non-hydrogen) atoms. The first-order valence-electron chi connectivity index (χ1n) is 12.4. The summed E-state index contributed by atoms with van der Waals surface area (Å²) in [6.45, 7) is 8.98. The van der Waals surface area contributed by atoms with Gasteiger partial charge in [0, 0.05) is 44.1 Å². The molecule has 4 N–H and O–H groups in total. The number of nitrogens with one attached hydrogen (secondary N) is 2. The average molecular weight is 560 g/mol. The highest BCUT2D eigenvalue weighted by Gasteiger charge is 2.18. The summed E-state index contributed by atoms with van der Waals surface area (Å²) < 4.78 is 24.3. The second kappa shape index (κ2) is 12.2. The standard InChI is InChI=1S/C26H35ClN7O3P/c1-33-9-11-34(12-10-33)13-14-37-22-16-23(36-2)21(15-19(22)28)31-26-29-17-18(27)25(32-26)30-20-7-5-6-8-24(20)38(3,4)35/h5-8,15-17H,9-14,28H2,1-4H3,(H2,29,30,31,32). The molecular formula is C26H35ClN7O3P. The Morgan fingerprint density at radius 1 is 1.08 bits per heavy atom. The summed E-state index contributed by atoms with van der Waals surface area (Å²) in [6.07, 6.45) is 1.49. The van der Waals surface area contributed by atoms with Gasteiger partial charge in [0.25, 0.3) is 0 Å². The first-order chi connectivity index (χ1) is 18.1. The van der Waals surface area contributed by atoms with Gasteiger partial charge in [-0.2, -0.15) is 4.98 Å². The molecule has 0 radical (unpaired) electrons. The SMILES string of the molecule is COc1cc(OCCN2CCN(C)CC2)c(N)cc1Nc1ncc(Cl)c(Nc2ccccc2P(C)(C)=O)n1. The van der Waals surface area contributed by atoms with E-state index in [0.717, 1.165) is 32.7 Å². The Balaban J connectivity index is 1.47. The zero-order valence-corrected chi connectivity index (χ0v) is 23.9. The van der Waals surface area contributed by atoms with E-state index in [4.69, 9.17) is 26.8 Å². The molecule has 3 aromatic rings. The van der Waals surface area contributed by atoms with Gasteiger partial charge in [0.05, 0.1) is 30.4 Å². The number of para-hydroxylation sites is 1. The molecule has 1 aromatic heterocycles. The van der Waals surface area contributed by atoms with Crippen LogP contribution >= 0.6 is 18.7 Å². The van der Waals surface area contributed by atoms with Crippen LogP contribution in [-0.2, 0) is 4.57 Å². The van der Waals surface area contributed by atoms with Crippen LogP contribution in [0.4, 0.5) is 28.8 Å². The molecule has 0 spiro atoms. The highest BCUT2D eigenvalue weighted by molar-refractivity contribution is 7.70. The van der Waals surface area contributed by atoms with E-state index >= 15 is 0 Å². The third-order valence-corrected chi connectivity index (χ3v) is 8.15. The molecule has 0 aliphatic carbocycles. The molecule has 4 rings (SSSR count). The van der Waals surface area contributed by atoms with Crippen LogP contribution in [0.25, 0.3) is 0 Å². The fraction of sp³-hybridized carbons (Fsp3) is 0.385. The predicted octanol–water partition coefficient (Wildman–Crippen LogP) is 4.08. The normalized spacial score (nSPS) is 14.8. The van der Waals surface area contributed by atoms with Gasteiger partial charge in [-0.3, -0.25) is 4.90 Å². The first kappa shape index (κ1) is 28.0. The fourth-order valence-electron chi connectivity index (χ4n) is 4.14. The molecule has 1 aliphatic rings. The number of nitrogens with two attached hydrogens (primary N) is 1. The van der Waals surface area contributed by atoms with Gasteiger partial charge < -0.3 is 35.3 Å². The van der Waals surface area contributed by atoms with Crippen molar-refractivity contribution in [3.63, 3.8) is 0 Å². The minimum absolute atomic E-state index is 0.284. The second-order valence-corrected chi connectivity index (χ2v) is 13.2. The molecule has 0 bridgehead atoms. The van der Waals surface area contributed by atoms with Crippen LogP contribution in [0.15, 0.2) is 42.6 Å². The molecule has 204 valence electrons. The van der Waals surface area contributed by atoms with Crippen molar-refractivity contribution >= 4 is 52.9 Å². The molecule has 0 amide bonds. The Bertz CT molecular complexity index is 1310. The maximum atomic E-state index is 12.8. The van der Waals surface area contributed by atoms with E-state index < -0.39 is 7.14 Å². The lowest BCUT2D eigenvalue weighted by atomic mass is 10.2. The van der Waals surface area contributed by atoms with E-state index in [0.29, 0.717) is 51.3 Å². The van der Waals surface area contributed by atoms with Crippen molar-refractivity contribution in [3.05, 3.63) is 47.6 Å². The van der Waals surface area contributed by atoms with Gasteiger partial charge in [0.2, 0.25) is 5.95 Å². The monoisotopic (exact) mass is 559 g/mol. The number of nitrogen functional groups attached to an aromatic ring is 1. The Morgan fingerprint density at radius 3 is 2.53 bits per heavy atom. The molecular weight excluding hydrogens is 525 g/mol. The maximum Gasteiger partial charge on any atom is 0.229 e. The number of ether oxygens (including phenoxy) is 2. The zero-order valence-electron chi connectivity index (χ0n) is 22.2. The van der Waals surface area contributed by atoms with Crippen molar-refractivity contribution in [2.45, 2.75) is 0 Å². The van der Waals surface area contributed by atoms with Crippen molar-refractivity contribution in [3.8, 4) is 11.5 Å². The van der Waals surface area contributed by atoms with Crippen LogP contribution in [0.1, 0.15) is 0 Å². The van der Waals surface area contributed by atoms with E-state index in [2.05, 4.69) is 37.4 Å². The van der Waals surface area contributed by atoms with Crippen molar-refractivity contribution < 1.29 is 14.0 Å². The van der Waals surface area contributed by atoms with E-state index in [1.165, 1.54) is 6.20 Å². The first-order valence-corrected chi connectivity index (χ1v) is 15.3. The average Bonchev–Trinajstić information content (AvgIpc) is 2.88. The maximum absolute atomic E-state index is 12.8. The summed E-state index contributed by atoms with van der Waals surface area (Å²) >= 11 is 6.38. The number of nitrogens with zero attached hydrogens (tertiary/aromatic N) is 4. The molecule has 2 aromatic carbocycles. The van der Waals surface area contributed by atoms with Crippen LogP contribution in [0.5, 0.6) is 11.5 Å². The summed E-state index contributed by atoms with van der Waals surface area (Å²) in [5.74, 6) is 1.75. The van der Waals surface area contributed by atoms with Crippen molar-refractivity contribution in [2.75, 3.05) is 83.2 Å². The van der Waals surface area contributed by atoms with E-state index in [1.54, 1.807) is 32.6 Å². The second-order valence-electron chi connectivity index (χ2n) is 9.59. The number of methoxy groups -OCH3 is 1. The molecule has 10 nitrogen and oxygen atoms in total. The largest absolute Gasteiger partial charge is 0.494 e. The molecule has 0 unspecified atom stereocenters. The quantitative estimate of drug-likeness (QED) is 0.248. The summed E-state index contributed by atoms with van der Waals surface area (Å²) in [4.78, 5) is 13.5. The number of anilines is 5. The van der Waals surface area contributed by atoms with Gasteiger partial charge in [-0.1, -0.05) is 23.7 Å². The number of hydrogen-bond acceptors (Lipinski definition) is 10. The van der Waals surface area contributed by atoms with Crippen molar-refractivity contribution in [1.82, 2.24) is 19.8 Å². The van der Waals surface area contributed by atoms with Crippen LogP contribution < -0.4 is 31.1 Å². The lowest BCUT2D eigenvalue weighted by Gasteiger charge is -2.32. The van der Waals surface area contributed by atoms with Gasteiger partial charge in [-0.25, -0.2) is 4.98 Å². The summed E-state index contributed by atoms with van der Waals surface area (Å²) in [7, 11) is 1.19. The van der Waals surface area contributed by atoms with Gasteiger partial charge in [-0.05, 0) is 38.6 Å². The summed E-state index contributed by atoms with van der Waals surface area (Å²) in [5, 5.41) is 7.38. The topological polar surface area (TPSA) is 118 Å². The number of piperazine rings is 1. The lowest BCUT2D eigenvalue weighted by molar-refractivity contribution is 0.134. The van der Waals surface area contributed by atoms with E-state index in [9.17, 15) is 4.57 Å². The third-order valence-electron chi connectivity index (χ3n) is 6.32. The smallest absolute Gasteiger partial charge is 0.229 e. The highest BCUT2D eigenvalue weighted by Crippen LogP contribution is 2.39. The molecule has 1 fully saturated rings. The minimum Gasteiger partial charge on any atom is -0.494 e. The van der Waals surface area contributed by atoms with Crippen LogP contribution in [0, 0.1) is 0 Å². The Labute approximate surface area is 228 Å². The van der Waals surface area contributed by atoms with Gasteiger partial charge in [-0.15, -0.1) is 0 Å². The fourth-order valence-corrected chi connectivity index (χ4v) is 5.43. The van der Waals surface area contributed by atoms with Gasteiger partial charge in [0.1, 0.15) is 30.3 Å². The predicted molar refractivity (Wildman–Crippen MR) is 156 cm³/mol. The van der Waals surface area contributed by atoms with Crippen LogP contribution in [-0.4, -0.2) is 86.6 Å². The molecule has 0 saturated carbocycles. The minimum atomic E-state index is -2.53. The molecule has 0 atom stereocenters. The molecule has 1 saturated heterocycles. The molecule has 12 heteroatoms. The summed E-state index contributed by atoms with van der Waals surface area (Å²) in [6, 6.07) is 10.9. The number of benzene rings is 2. The highest BCUT2D eigenvalue weighted by atomic mass is 35.5. The van der Waals surface area contributed by atoms with E-state index in [-0.39, 0.29) is 5.95 Å². The number of halogens is 1. The van der Waals surface area contributed by atoms with E-state index in [1.807, 2.05) is 24.3 Å². The zero-order chi connectivity index (χ0) is 27.3. The lowest BCUT2D eigenvalue weighted by Crippen LogP contribution is -2.45. The molecule has 1 aliphatic heterocycles. The van der Waals surface area contributed by atoms with Crippen molar-refractivity contribution in [1.29, 1.82) is 0 Å². The van der Waals surface area contributed by atoms with Gasteiger partial charge >= 0.3 is 0 Å². The number of likely N-dealkylation sites (N-methyl/N-ethyl adjacent to an activating group) is 1.